The average molecular weight is 303 g/mol. The molecule has 1 N–H and O–H groups in total. The molecular weight excluding hydrogens is 286 g/mol. The van der Waals surface area contributed by atoms with Crippen LogP contribution in [0.2, 0.25) is 0 Å². The number of sulfonamides is 1. The Kier molecular flexibility index (Phi) is 4.16. The molecule has 0 unspecified atom stereocenters. The Morgan fingerprint density at radius 2 is 1.95 bits per heavy atom. The van der Waals surface area contributed by atoms with Crippen LogP contribution < -0.4 is 4.72 Å². The number of hydrogen-bond acceptors (Lipinski definition) is 3. The summed E-state index contributed by atoms with van der Waals surface area (Å²) < 4.78 is 29.2. The van der Waals surface area contributed by atoms with Crippen molar-refractivity contribution in [2.24, 2.45) is 7.05 Å². The van der Waals surface area contributed by atoms with Crippen LogP contribution in [0.1, 0.15) is 22.5 Å². The number of aryl methyl sites for hydroxylation is 1. The number of rotatable bonds is 4. The Labute approximate surface area is 124 Å². The number of nitrogens with zero attached hydrogens (tertiary/aromatic N) is 2. The van der Waals surface area contributed by atoms with E-state index in [2.05, 4.69) is 4.72 Å². The highest BCUT2D eigenvalue weighted by Crippen LogP contribution is 2.17. The molecule has 0 radical (unpaired) electrons. The molecule has 0 atom stereocenters. The van der Waals surface area contributed by atoms with Gasteiger partial charge < -0.3 is 4.57 Å². The first-order valence-electron chi connectivity index (χ1n) is 6.47. The predicted octanol–water partition coefficient (Wildman–Crippen LogP) is 1.99. The second-order valence-electron chi connectivity index (χ2n) is 4.89. The molecule has 2 rings (SSSR count). The van der Waals surface area contributed by atoms with Gasteiger partial charge in [-0.15, -0.1) is 0 Å². The highest BCUT2D eigenvalue weighted by Gasteiger charge is 2.18. The van der Waals surface area contributed by atoms with Crippen LogP contribution in [0.3, 0.4) is 0 Å². The molecule has 110 valence electrons. The largest absolute Gasteiger partial charge is 0.352 e. The Bertz CT molecular complexity index is 814. The molecule has 1 aromatic heterocycles. The number of nitrogens with one attached hydrogen (secondary N) is 1. The summed E-state index contributed by atoms with van der Waals surface area (Å²) in [6.45, 7) is 4.12. The zero-order valence-corrected chi connectivity index (χ0v) is 13.0. The van der Waals surface area contributed by atoms with E-state index in [0.717, 1.165) is 17.0 Å². The molecule has 21 heavy (non-hydrogen) atoms. The summed E-state index contributed by atoms with van der Waals surface area (Å²) >= 11 is 0. The molecule has 1 heterocycles. The van der Waals surface area contributed by atoms with Gasteiger partial charge in [0.05, 0.1) is 10.5 Å². The fourth-order valence-electron chi connectivity index (χ4n) is 2.16. The molecule has 6 heteroatoms. The summed E-state index contributed by atoms with van der Waals surface area (Å²) in [5.41, 5.74) is 3.15. The number of benzene rings is 1. The van der Waals surface area contributed by atoms with Crippen LogP contribution in [-0.4, -0.2) is 13.0 Å². The van der Waals surface area contributed by atoms with E-state index in [9.17, 15) is 8.42 Å². The first-order valence-corrected chi connectivity index (χ1v) is 7.95. The Hall–Kier alpha value is -2.10. The van der Waals surface area contributed by atoms with Crippen molar-refractivity contribution in [2.45, 2.75) is 25.3 Å². The average Bonchev–Trinajstić information content (AvgIpc) is 2.72. The van der Waals surface area contributed by atoms with Crippen molar-refractivity contribution >= 4 is 10.0 Å². The molecule has 0 saturated carbocycles. The van der Waals surface area contributed by atoms with Gasteiger partial charge in [-0.25, -0.2) is 13.1 Å². The van der Waals surface area contributed by atoms with Crippen LogP contribution in [-0.2, 0) is 23.6 Å². The standard InChI is InChI=1S/C15H17N3O2S/c1-11-8-14(12(2)18(11)3)10-17-21(19,20)15-7-5-4-6-13(15)9-16/h4-8,17H,10H2,1-3H3. The third-order valence-corrected chi connectivity index (χ3v) is 5.09. The zero-order valence-electron chi connectivity index (χ0n) is 12.2. The van der Waals surface area contributed by atoms with Gasteiger partial charge in [-0.05, 0) is 37.6 Å². The van der Waals surface area contributed by atoms with E-state index in [-0.39, 0.29) is 17.0 Å². The maximum absolute atomic E-state index is 12.3. The lowest BCUT2D eigenvalue weighted by atomic mass is 10.2. The van der Waals surface area contributed by atoms with E-state index in [0.29, 0.717) is 0 Å². The summed E-state index contributed by atoms with van der Waals surface area (Å²) in [4.78, 5) is 0.0119. The van der Waals surface area contributed by atoms with Crippen LogP contribution in [0.5, 0.6) is 0 Å². The normalized spacial score (nSPS) is 11.3. The molecule has 0 spiro atoms. The van der Waals surface area contributed by atoms with E-state index in [4.69, 9.17) is 5.26 Å². The highest BCUT2D eigenvalue weighted by molar-refractivity contribution is 7.89. The van der Waals surface area contributed by atoms with Crippen LogP contribution in [0, 0.1) is 25.2 Å². The number of aromatic nitrogens is 1. The summed E-state index contributed by atoms with van der Waals surface area (Å²) in [6, 6.07) is 10.0. The smallest absolute Gasteiger partial charge is 0.242 e. The van der Waals surface area contributed by atoms with Crippen molar-refractivity contribution in [2.75, 3.05) is 0 Å². The molecule has 0 aliphatic rings. The van der Waals surface area contributed by atoms with Crippen LogP contribution in [0.15, 0.2) is 35.2 Å². The Morgan fingerprint density at radius 3 is 2.52 bits per heavy atom. The highest BCUT2D eigenvalue weighted by atomic mass is 32.2. The third-order valence-electron chi connectivity index (χ3n) is 3.63. The van der Waals surface area contributed by atoms with Crippen molar-refractivity contribution in [3.63, 3.8) is 0 Å². The predicted molar refractivity (Wildman–Crippen MR) is 80.1 cm³/mol. The topological polar surface area (TPSA) is 74.9 Å². The second kappa shape index (κ2) is 5.72. The van der Waals surface area contributed by atoms with E-state index in [1.54, 1.807) is 12.1 Å². The fraction of sp³-hybridized carbons (Fsp3) is 0.267. The van der Waals surface area contributed by atoms with Crippen molar-refractivity contribution in [3.05, 3.63) is 52.8 Å². The number of hydrogen-bond donors (Lipinski definition) is 1. The molecule has 0 fully saturated rings. The lowest BCUT2D eigenvalue weighted by molar-refractivity contribution is 0.581. The van der Waals surface area contributed by atoms with Gasteiger partial charge in [-0.3, -0.25) is 0 Å². The molecule has 0 amide bonds. The lowest BCUT2D eigenvalue weighted by Crippen LogP contribution is -2.24. The first kappa shape index (κ1) is 15.3. The van der Waals surface area contributed by atoms with Gasteiger partial charge in [0.25, 0.3) is 0 Å². The van der Waals surface area contributed by atoms with Gasteiger partial charge in [-0.2, -0.15) is 5.26 Å². The van der Waals surface area contributed by atoms with E-state index in [1.165, 1.54) is 12.1 Å². The SMILES string of the molecule is Cc1cc(CNS(=O)(=O)c2ccccc2C#N)c(C)n1C. The van der Waals surface area contributed by atoms with Crippen LogP contribution >= 0.6 is 0 Å². The molecule has 0 aliphatic carbocycles. The summed E-state index contributed by atoms with van der Waals surface area (Å²) in [5.74, 6) is 0. The molecule has 0 aliphatic heterocycles. The van der Waals surface area contributed by atoms with E-state index < -0.39 is 10.0 Å². The van der Waals surface area contributed by atoms with E-state index in [1.807, 2.05) is 37.6 Å². The van der Waals surface area contributed by atoms with Gasteiger partial charge in [0, 0.05) is 25.0 Å². The van der Waals surface area contributed by atoms with Gasteiger partial charge in [-0.1, -0.05) is 12.1 Å². The van der Waals surface area contributed by atoms with Gasteiger partial charge in [0.2, 0.25) is 10.0 Å². The second-order valence-corrected chi connectivity index (χ2v) is 6.62. The molecule has 0 saturated heterocycles. The van der Waals surface area contributed by atoms with Crippen molar-refractivity contribution in [1.82, 2.24) is 9.29 Å². The van der Waals surface area contributed by atoms with Gasteiger partial charge >= 0.3 is 0 Å². The van der Waals surface area contributed by atoms with Gasteiger partial charge in [0.15, 0.2) is 0 Å². The molecule has 0 bridgehead atoms. The maximum Gasteiger partial charge on any atom is 0.242 e. The maximum atomic E-state index is 12.3. The Morgan fingerprint density at radius 1 is 1.29 bits per heavy atom. The third kappa shape index (κ3) is 2.99. The van der Waals surface area contributed by atoms with Crippen LogP contribution in [0.25, 0.3) is 0 Å². The fourth-order valence-corrected chi connectivity index (χ4v) is 3.32. The Balaban J connectivity index is 2.26. The van der Waals surface area contributed by atoms with Crippen molar-refractivity contribution in [3.8, 4) is 6.07 Å². The summed E-state index contributed by atoms with van der Waals surface area (Å²) in [6.07, 6.45) is 0. The minimum absolute atomic E-state index is 0.0119. The van der Waals surface area contributed by atoms with Crippen LogP contribution in [0.4, 0.5) is 0 Å². The molecule has 1 aromatic carbocycles. The van der Waals surface area contributed by atoms with E-state index >= 15 is 0 Å². The lowest BCUT2D eigenvalue weighted by Gasteiger charge is -2.08. The zero-order chi connectivity index (χ0) is 15.6. The monoisotopic (exact) mass is 303 g/mol. The van der Waals surface area contributed by atoms with Crippen molar-refractivity contribution in [1.29, 1.82) is 5.26 Å². The van der Waals surface area contributed by atoms with Gasteiger partial charge in [0.1, 0.15) is 6.07 Å². The number of nitriles is 1. The first-order chi connectivity index (χ1) is 9.86. The molecular formula is C15H17N3O2S. The summed E-state index contributed by atoms with van der Waals surface area (Å²) in [7, 11) is -1.77. The minimum Gasteiger partial charge on any atom is -0.352 e. The minimum atomic E-state index is -3.70. The van der Waals surface area contributed by atoms with Crippen molar-refractivity contribution < 1.29 is 8.42 Å². The molecule has 5 nitrogen and oxygen atoms in total. The quantitative estimate of drug-likeness (QED) is 0.938. The summed E-state index contributed by atoms with van der Waals surface area (Å²) in [5, 5.41) is 9.01. The molecule has 2 aromatic rings.